The summed E-state index contributed by atoms with van der Waals surface area (Å²) in [5.41, 5.74) is 0. The Morgan fingerprint density at radius 1 is 1.56 bits per heavy atom. The number of ether oxygens (including phenoxy) is 1. The van der Waals surface area contributed by atoms with Gasteiger partial charge < -0.3 is 9.64 Å². The quantitative estimate of drug-likeness (QED) is 0.701. The molecule has 3 nitrogen and oxygen atoms in total. The van der Waals surface area contributed by atoms with Crippen LogP contribution in [0.1, 0.15) is 33.1 Å². The number of likely N-dealkylation sites (tertiary alicyclic amines) is 1. The molecular formula is C11H19F2NO2. The molecule has 0 aromatic carbocycles. The molecule has 1 aliphatic rings. The van der Waals surface area contributed by atoms with Crippen molar-refractivity contribution in [3.8, 4) is 0 Å². The van der Waals surface area contributed by atoms with Crippen molar-refractivity contribution >= 4 is 6.09 Å². The van der Waals surface area contributed by atoms with E-state index in [0.29, 0.717) is 19.6 Å². The molecule has 0 radical (unpaired) electrons. The van der Waals surface area contributed by atoms with E-state index in [9.17, 15) is 13.6 Å². The van der Waals surface area contributed by atoms with Crippen LogP contribution in [0, 0.1) is 5.92 Å². The number of halogens is 2. The first-order valence-electron chi connectivity index (χ1n) is 5.74. The lowest BCUT2D eigenvalue weighted by atomic mass is 10.0. The summed E-state index contributed by atoms with van der Waals surface area (Å²) in [6, 6.07) is 0. The molecule has 16 heavy (non-hydrogen) atoms. The van der Waals surface area contributed by atoms with Gasteiger partial charge in [0.2, 0.25) is 5.92 Å². The van der Waals surface area contributed by atoms with Crippen LogP contribution in [0.2, 0.25) is 0 Å². The fourth-order valence-electron chi connectivity index (χ4n) is 1.73. The average Bonchev–Trinajstić information content (AvgIpc) is 2.66. The first kappa shape index (κ1) is 13.2. The molecule has 1 rings (SSSR count). The highest BCUT2D eigenvalue weighted by atomic mass is 19.3. The molecule has 0 spiro atoms. The minimum atomic E-state index is -2.71. The maximum Gasteiger partial charge on any atom is 0.409 e. The number of carbonyl (C=O) groups is 1. The van der Waals surface area contributed by atoms with Crippen molar-refractivity contribution in [3.63, 3.8) is 0 Å². The minimum Gasteiger partial charge on any atom is -0.449 e. The second kappa shape index (κ2) is 5.46. The molecule has 1 unspecified atom stereocenters. The SMILES string of the molecule is CCCCOC(=O)N1CCC(C(C)(F)F)C1. The number of nitrogens with zero attached hydrogens (tertiary/aromatic N) is 1. The topological polar surface area (TPSA) is 29.5 Å². The number of carbonyl (C=O) groups excluding carboxylic acids is 1. The van der Waals surface area contributed by atoms with E-state index in [2.05, 4.69) is 0 Å². The Labute approximate surface area is 94.7 Å². The van der Waals surface area contributed by atoms with Crippen LogP contribution in [0.5, 0.6) is 0 Å². The molecule has 1 fully saturated rings. The lowest BCUT2D eigenvalue weighted by Crippen LogP contribution is -2.33. The monoisotopic (exact) mass is 235 g/mol. The molecule has 0 bridgehead atoms. The summed E-state index contributed by atoms with van der Waals surface area (Å²) < 4.78 is 31.0. The molecule has 94 valence electrons. The summed E-state index contributed by atoms with van der Waals surface area (Å²) in [4.78, 5) is 12.8. The third kappa shape index (κ3) is 3.61. The van der Waals surface area contributed by atoms with Gasteiger partial charge in [-0.25, -0.2) is 13.6 Å². The van der Waals surface area contributed by atoms with Gasteiger partial charge >= 0.3 is 6.09 Å². The first-order chi connectivity index (χ1) is 7.45. The number of hydrogen-bond acceptors (Lipinski definition) is 2. The standard InChI is InChI=1S/C11H19F2NO2/c1-3-4-7-16-10(15)14-6-5-9(8-14)11(2,12)13/h9H,3-8H2,1-2H3. The summed E-state index contributed by atoms with van der Waals surface area (Å²) >= 11 is 0. The van der Waals surface area contributed by atoms with Gasteiger partial charge in [-0.05, 0) is 19.8 Å². The van der Waals surface area contributed by atoms with Crippen LogP contribution in [-0.2, 0) is 4.74 Å². The third-order valence-electron chi connectivity index (χ3n) is 2.89. The zero-order valence-corrected chi connectivity index (χ0v) is 9.84. The van der Waals surface area contributed by atoms with E-state index in [1.54, 1.807) is 0 Å². The average molecular weight is 235 g/mol. The number of alkyl halides is 2. The molecule has 1 aliphatic heterocycles. The fraction of sp³-hybridized carbons (Fsp3) is 0.909. The molecule has 1 saturated heterocycles. The largest absolute Gasteiger partial charge is 0.449 e. The van der Waals surface area contributed by atoms with Crippen LogP contribution >= 0.6 is 0 Å². The smallest absolute Gasteiger partial charge is 0.409 e. The zero-order valence-electron chi connectivity index (χ0n) is 9.84. The summed E-state index contributed by atoms with van der Waals surface area (Å²) in [5.74, 6) is -3.44. The van der Waals surface area contributed by atoms with Crippen molar-refractivity contribution in [2.75, 3.05) is 19.7 Å². The lowest BCUT2D eigenvalue weighted by Gasteiger charge is -2.19. The molecule has 0 aliphatic carbocycles. The van der Waals surface area contributed by atoms with Crippen molar-refractivity contribution in [3.05, 3.63) is 0 Å². The van der Waals surface area contributed by atoms with Gasteiger partial charge in [-0.3, -0.25) is 0 Å². The highest BCUT2D eigenvalue weighted by Gasteiger charge is 2.40. The van der Waals surface area contributed by atoms with Crippen LogP contribution < -0.4 is 0 Å². The van der Waals surface area contributed by atoms with Gasteiger partial charge in [0.1, 0.15) is 0 Å². The van der Waals surface area contributed by atoms with E-state index in [-0.39, 0.29) is 6.54 Å². The van der Waals surface area contributed by atoms with Gasteiger partial charge in [-0.2, -0.15) is 0 Å². The zero-order chi connectivity index (χ0) is 12.2. The van der Waals surface area contributed by atoms with E-state index < -0.39 is 17.9 Å². The molecule has 0 aromatic heterocycles. The number of rotatable bonds is 4. The normalized spacial score (nSPS) is 21.2. The minimum absolute atomic E-state index is 0.106. The van der Waals surface area contributed by atoms with Crippen molar-refractivity contribution in [2.24, 2.45) is 5.92 Å². The van der Waals surface area contributed by atoms with Crippen molar-refractivity contribution in [1.29, 1.82) is 0 Å². The maximum atomic E-state index is 13.0. The Bertz CT molecular complexity index is 241. The fourth-order valence-corrected chi connectivity index (χ4v) is 1.73. The van der Waals surface area contributed by atoms with Gasteiger partial charge in [0.15, 0.2) is 0 Å². The van der Waals surface area contributed by atoms with Gasteiger partial charge in [0.25, 0.3) is 0 Å². The van der Waals surface area contributed by atoms with Crippen LogP contribution in [0.15, 0.2) is 0 Å². The number of hydrogen-bond donors (Lipinski definition) is 0. The van der Waals surface area contributed by atoms with E-state index in [1.165, 1.54) is 4.90 Å². The van der Waals surface area contributed by atoms with Gasteiger partial charge in [0.05, 0.1) is 6.61 Å². The van der Waals surface area contributed by atoms with Crippen molar-refractivity contribution < 1.29 is 18.3 Å². The van der Waals surface area contributed by atoms with E-state index in [0.717, 1.165) is 19.8 Å². The molecule has 1 amide bonds. The summed E-state index contributed by atoms with van der Waals surface area (Å²) in [7, 11) is 0. The Morgan fingerprint density at radius 3 is 2.75 bits per heavy atom. The highest BCUT2D eigenvalue weighted by molar-refractivity contribution is 5.67. The number of amides is 1. The summed E-state index contributed by atoms with van der Waals surface area (Å²) in [6.45, 7) is 3.76. The summed E-state index contributed by atoms with van der Waals surface area (Å²) in [5, 5.41) is 0. The molecule has 5 heteroatoms. The second-order valence-electron chi connectivity index (χ2n) is 4.36. The van der Waals surface area contributed by atoms with Gasteiger partial charge in [-0.15, -0.1) is 0 Å². The van der Waals surface area contributed by atoms with Crippen LogP contribution in [0.4, 0.5) is 13.6 Å². The Morgan fingerprint density at radius 2 is 2.25 bits per heavy atom. The van der Waals surface area contributed by atoms with E-state index in [4.69, 9.17) is 4.74 Å². The first-order valence-corrected chi connectivity index (χ1v) is 5.74. The summed E-state index contributed by atoms with van der Waals surface area (Å²) in [6.07, 6.45) is 1.66. The third-order valence-corrected chi connectivity index (χ3v) is 2.89. The Hall–Kier alpha value is -0.870. The molecule has 1 heterocycles. The van der Waals surface area contributed by atoms with E-state index >= 15 is 0 Å². The molecule has 0 aromatic rings. The molecule has 0 N–H and O–H groups in total. The Kier molecular flexibility index (Phi) is 4.50. The molecular weight excluding hydrogens is 216 g/mol. The van der Waals surface area contributed by atoms with E-state index in [1.807, 2.05) is 6.92 Å². The molecule has 0 saturated carbocycles. The van der Waals surface area contributed by atoms with Gasteiger partial charge in [0, 0.05) is 19.0 Å². The van der Waals surface area contributed by atoms with Crippen molar-refractivity contribution in [2.45, 2.75) is 39.0 Å². The lowest BCUT2D eigenvalue weighted by molar-refractivity contribution is -0.0347. The highest BCUT2D eigenvalue weighted by Crippen LogP contribution is 2.31. The van der Waals surface area contributed by atoms with Crippen LogP contribution in [0.25, 0.3) is 0 Å². The predicted molar refractivity (Wildman–Crippen MR) is 56.6 cm³/mol. The number of unbranched alkanes of at least 4 members (excludes halogenated alkanes) is 1. The van der Waals surface area contributed by atoms with Gasteiger partial charge in [-0.1, -0.05) is 13.3 Å². The van der Waals surface area contributed by atoms with Crippen LogP contribution in [-0.4, -0.2) is 36.6 Å². The Balaban J connectivity index is 2.32. The van der Waals surface area contributed by atoms with Crippen LogP contribution in [0.3, 0.4) is 0 Å². The predicted octanol–water partition coefficient (Wildman–Crippen LogP) is 2.90. The maximum absolute atomic E-state index is 13.0. The second-order valence-corrected chi connectivity index (χ2v) is 4.36. The van der Waals surface area contributed by atoms with Crippen molar-refractivity contribution in [1.82, 2.24) is 4.90 Å². The molecule has 1 atom stereocenters.